The van der Waals surface area contributed by atoms with Crippen LogP contribution in [0.3, 0.4) is 0 Å². The van der Waals surface area contributed by atoms with Gasteiger partial charge in [0.25, 0.3) is 0 Å². The smallest absolute Gasteiger partial charge is 0.153 e. The minimum Gasteiger partial charge on any atom is -0.486 e. The molecular weight excluding hydrogens is 414 g/mol. The Morgan fingerprint density at radius 3 is 2.36 bits per heavy atom. The predicted molar refractivity (Wildman–Crippen MR) is 124 cm³/mol. The van der Waals surface area contributed by atoms with Gasteiger partial charge in [-0.3, -0.25) is 4.79 Å². The number of aldehydes is 1. The minimum absolute atomic E-state index is 0.252. The normalized spacial score (nSPS) is 10.8. The first-order chi connectivity index (χ1) is 16.3. The Balaban J connectivity index is 1.36. The molecule has 162 valence electrons. The van der Waals surface area contributed by atoms with E-state index in [2.05, 4.69) is 15.4 Å². The molecule has 0 amide bonds. The maximum atomic E-state index is 11.8. The zero-order valence-electron chi connectivity index (χ0n) is 17.8. The van der Waals surface area contributed by atoms with Crippen molar-refractivity contribution in [2.45, 2.75) is 13.2 Å². The van der Waals surface area contributed by atoms with Gasteiger partial charge in [-0.05, 0) is 29.8 Å². The molecular formula is C26H21N5O2. The summed E-state index contributed by atoms with van der Waals surface area (Å²) in [5, 5.41) is 13.1. The highest BCUT2D eigenvalue weighted by atomic mass is 16.5. The summed E-state index contributed by atoms with van der Waals surface area (Å²) in [6.45, 7) is 0.895. The topological polar surface area (TPSA) is 74.8 Å². The molecule has 0 atom stereocenters. The van der Waals surface area contributed by atoms with Crippen LogP contribution in [0.4, 0.5) is 0 Å². The van der Waals surface area contributed by atoms with Crippen LogP contribution in [0.5, 0.6) is 5.75 Å². The molecule has 0 aliphatic heterocycles. The number of hydrogen-bond acceptors (Lipinski definition) is 5. The van der Waals surface area contributed by atoms with Crippen LogP contribution in [0.15, 0.2) is 97.3 Å². The number of para-hydroxylation sites is 2. The number of nitrogens with zero attached hydrogens (tertiary/aromatic N) is 5. The zero-order chi connectivity index (χ0) is 22.5. The van der Waals surface area contributed by atoms with Crippen LogP contribution in [0.25, 0.3) is 16.9 Å². The highest BCUT2D eigenvalue weighted by Crippen LogP contribution is 2.31. The molecule has 0 saturated heterocycles. The molecule has 5 aromatic rings. The Kier molecular flexibility index (Phi) is 5.75. The fourth-order valence-corrected chi connectivity index (χ4v) is 3.59. The monoisotopic (exact) mass is 435 g/mol. The summed E-state index contributed by atoms with van der Waals surface area (Å²) < 4.78 is 9.56. The lowest BCUT2D eigenvalue weighted by Crippen LogP contribution is -2.00. The molecule has 0 aliphatic rings. The van der Waals surface area contributed by atoms with Gasteiger partial charge in [-0.1, -0.05) is 65.9 Å². The number of aromatic nitrogens is 5. The van der Waals surface area contributed by atoms with E-state index in [1.807, 2.05) is 91.1 Å². The maximum Gasteiger partial charge on any atom is 0.153 e. The van der Waals surface area contributed by atoms with Crippen LogP contribution >= 0.6 is 0 Å². The lowest BCUT2D eigenvalue weighted by atomic mass is 10.1. The average molecular weight is 435 g/mol. The third kappa shape index (κ3) is 4.57. The SMILES string of the molecule is O=Cc1cn(-c2ccccc2)nc1-c1ccccc1OCc1cn(Cc2ccccc2)nn1. The molecule has 0 saturated carbocycles. The Hall–Kier alpha value is -4.52. The van der Waals surface area contributed by atoms with E-state index < -0.39 is 0 Å². The van der Waals surface area contributed by atoms with Gasteiger partial charge in [-0.15, -0.1) is 5.10 Å². The predicted octanol–water partition coefficient (Wildman–Crippen LogP) is 4.57. The maximum absolute atomic E-state index is 11.8. The first-order valence-corrected chi connectivity index (χ1v) is 10.6. The standard InChI is InChI=1S/C26H21N5O2/c32-18-21-16-31(23-11-5-2-6-12-23)28-26(21)24-13-7-8-14-25(24)33-19-22-17-30(29-27-22)15-20-9-3-1-4-10-20/h1-14,16-18H,15,19H2. The van der Waals surface area contributed by atoms with Crippen molar-refractivity contribution in [1.82, 2.24) is 24.8 Å². The lowest BCUT2D eigenvalue weighted by Gasteiger charge is -2.09. The molecule has 0 aliphatic carbocycles. The van der Waals surface area contributed by atoms with Crippen molar-refractivity contribution < 1.29 is 9.53 Å². The molecule has 0 unspecified atom stereocenters. The molecule has 0 radical (unpaired) electrons. The first kappa shape index (κ1) is 20.4. The van der Waals surface area contributed by atoms with Crippen LogP contribution in [-0.4, -0.2) is 31.1 Å². The summed E-state index contributed by atoms with van der Waals surface area (Å²) in [5.41, 5.74) is 4.54. The Morgan fingerprint density at radius 1 is 0.848 bits per heavy atom. The molecule has 0 bridgehead atoms. The van der Waals surface area contributed by atoms with E-state index in [0.717, 1.165) is 23.1 Å². The average Bonchev–Trinajstić information content (AvgIpc) is 3.51. The van der Waals surface area contributed by atoms with Crippen molar-refractivity contribution in [2.75, 3.05) is 0 Å². The molecule has 33 heavy (non-hydrogen) atoms. The fraction of sp³-hybridized carbons (Fsp3) is 0.0769. The first-order valence-electron chi connectivity index (χ1n) is 10.6. The molecule has 0 spiro atoms. The second-order valence-corrected chi connectivity index (χ2v) is 7.51. The molecule has 7 heteroatoms. The van der Waals surface area contributed by atoms with Gasteiger partial charge >= 0.3 is 0 Å². The molecule has 0 N–H and O–H groups in total. The summed E-state index contributed by atoms with van der Waals surface area (Å²) in [7, 11) is 0. The molecule has 3 aromatic carbocycles. The third-order valence-corrected chi connectivity index (χ3v) is 5.18. The van der Waals surface area contributed by atoms with E-state index in [-0.39, 0.29) is 6.61 Å². The summed E-state index contributed by atoms with van der Waals surface area (Å²) in [4.78, 5) is 11.8. The van der Waals surface area contributed by atoms with Crippen LogP contribution in [0.2, 0.25) is 0 Å². The number of carbonyl (C=O) groups is 1. The summed E-state index contributed by atoms with van der Waals surface area (Å²) in [6.07, 6.45) is 4.41. The van der Waals surface area contributed by atoms with E-state index in [9.17, 15) is 4.79 Å². The number of benzene rings is 3. The van der Waals surface area contributed by atoms with Crippen molar-refractivity contribution in [3.63, 3.8) is 0 Å². The fourth-order valence-electron chi connectivity index (χ4n) is 3.59. The molecule has 7 nitrogen and oxygen atoms in total. The van der Waals surface area contributed by atoms with Crippen molar-refractivity contribution in [3.8, 4) is 22.7 Å². The van der Waals surface area contributed by atoms with Gasteiger partial charge in [-0.2, -0.15) is 5.10 Å². The van der Waals surface area contributed by atoms with Crippen LogP contribution in [0, 0.1) is 0 Å². The van der Waals surface area contributed by atoms with E-state index in [4.69, 9.17) is 4.74 Å². The van der Waals surface area contributed by atoms with E-state index in [1.54, 1.807) is 15.6 Å². The van der Waals surface area contributed by atoms with Gasteiger partial charge in [0.2, 0.25) is 0 Å². The van der Waals surface area contributed by atoms with E-state index >= 15 is 0 Å². The third-order valence-electron chi connectivity index (χ3n) is 5.18. The van der Waals surface area contributed by atoms with Gasteiger partial charge < -0.3 is 4.74 Å². The van der Waals surface area contributed by atoms with Gasteiger partial charge in [0, 0.05) is 11.8 Å². The number of hydrogen-bond donors (Lipinski definition) is 0. The summed E-state index contributed by atoms with van der Waals surface area (Å²) in [5.74, 6) is 0.622. The van der Waals surface area contributed by atoms with Crippen molar-refractivity contribution >= 4 is 6.29 Å². The second-order valence-electron chi connectivity index (χ2n) is 7.51. The van der Waals surface area contributed by atoms with E-state index in [0.29, 0.717) is 29.2 Å². The van der Waals surface area contributed by atoms with Gasteiger partial charge in [-0.25, -0.2) is 9.36 Å². The van der Waals surface area contributed by atoms with Crippen molar-refractivity contribution in [3.05, 3.63) is 114 Å². The Labute approximate surface area is 190 Å². The van der Waals surface area contributed by atoms with Crippen molar-refractivity contribution in [2.24, 2.45) is 0 Å². The molecule has 5 rings (SSSR count). The zero-order valence-corrected chi connectivity index (χ0v) is 17.8. The van der Waals surface area contributed by atoms with Crippen LogP contribution < -0.4 is 4.74 Å². The largest absolute Gasteiger partial charge is 0.486 e. The van der Waals surface area contributed by atoms with Crippen LogP contribution in [0.1, 0.15) is 21.6 Å². The van der Waals surface area contributed by atoms with Gasteiger partial charge in [0.15, 0.2) is 6.29 Å². The molecule has 0 fully saturated rings. The summed E-state index contributed by atoms with van der Waals surface area (Å²) in [6, 6.07) is 27.3. The number of ether oxygens (including phenoxy) is 1. The molecule has 2 heterocycles. The highest BCUT2D eigenvalue weighted by Gasteiger charge is 2.16. The minimum atomic E-state index is 0.252. The van der Waals surface area contributed by atoms with Gasteiger partial charge in [0.1, 0.15) is 23.7 Å². The lowest BCUT2D eigenvalue weighted by molar-refractivity contribution is 0.112. The highest BCUT2D eigenvalue weighted by molar-refractivity contribution is 5.87. The number of carbonyl (C=O) groups excluding carboxylic acids is 1. The Morgan fingerprint density at radius 2 is 1.58 bits per heavy atom. The Bertz CT molecular complexity index is 1360. The number of rotatable bonds is 8. The summed E-state index contributed by atoms with van der Waals surface area (Å²) >= 11 is 0. The quantitative estimate of drug-likeness (QED) is 0.334. The second kappa shape index (κ2) is 9.32. The van der Waals surface area contributed by atoms with E-state index in [1.165, 1.54) is 0 Å². The molecule has 2 aromatic heterocycles. The van der Waals surface area contributed by atoms with Gasteiger partial charge in [0.05, 0.1) is 24.0 Å². The van der Waals surface area contributed by atoms with Crippen LogP contribution in [-0.2, 0) is 13.2 Å². The van der Waals surface area contributed by atoms with Crippen molar-refractivity contribution in [1.29, 1.82) is 0 Å².